The van der Waals surface area contributed by atoms with Gasteiger partial charge in [0.05, 0.1) is 5.02 Å². The number of aryl methyl sites for hydroxylation is 2. The number of nitrogens with zero attached hydrogens (tertiary/aromatic N) is 4. The lowest BCUT2D eigenvalue weighted by Gasteiger charge is -2.01. The second kappa shape index (κ2) is 6.51. The summed E-state index contributed by atoms with van der Waals surface area (Å²) in [4.78, 5) is 0.763. The number of hydrogen-bond donors (Lipinski definition) is 0. The molecule has 0 aliphatic carbocycles. The molecule has 2 heterocycles. The van der Waals surface area contributed by atoms with Crippen molar-refractivity contribution in [3.05, 3.63) is 69.1 Å². The molecule has 0 spiro atoms. The maximum atomic E-state index is 6.28. The van der Waals surface area contributed by atoms with Crippen LogP contribution in [0.4, 0.5) is 0 Å². The molecule has 0 aliphatic rings. The van der Waals surface area contributed by atoms with E-state index in [1.165, 1.54) is 5.56 Å². The fourth-order valence-corrected chi connectivity index (χ4v) is 3.82. The van der Waals surface area contributed by atoms with Gasteiger partial charge in [0.25, 0.3) is 0 Å². The summed E-state index contributed by atoms with van der Waals surface area (Å²) in [6, 6.07) is 15.7. The predicted molar refractivity (Wildman–Crippen MR) is 98.0 cm³/mol. The van der Waals surface area contributed by atoms with Crippen LogP contribution in [-0.2, 0) is 12.8 Å². The zero-order valence-electron chi connectivity index (χ0n) is 12.5. The first-order valence-corrected chi connectivity index (χ1v) is 8.98. The molecule has 4 rings (SSSR count). The van der Waals surface area contributed by atoms with E-state index in [0.717, 1.165) is 28.4 Å². The molecular formula is C17H12Cl2N4S. The van der Waals surface area contributed by atoms with E-state index in [9.17, 15) is 0 Å². The molecule has 0 aliphatic heterocycles. The molecule has 0 atom stereocenters. The summed E-state index contributed by atoms with van der Waals surface area (Å²) < 4.78 is 1.75. The minimum atomic E-state index is 0.538. The molecule has 0 amide bonds. The maximum Gasteiger partial charge on any atom is 0.234 e. The fraction of sp³-hybridized carbons (Fsp3) is 0.118. The number of rotatable bonds is 4. The van der Waals surface area contributed by atoms with Crippen LogP contribution in [-0.4, -0.2) is 19.8 Å². The monoisotopic (exact) mass is 374 g/mol. The maximum absolute atomic E-state index is 6.28. The molecule has 24 heavy (non-hydrogen) atoms. The summed E-state index contributed by atoms with van der Waals surface area (Å²) in [7, 11) is 0. The average Bonchev–Trinajstić information content (AvgIpc) is 3.15. The van der Waals surface area contributed by atoms with E-state index >= 15 is 0 Å². The molecule has 4 aromatic rings. The molecule has 0 unspecified atom stereocenters. The molecule has 0 bridgehead atoms. The van der Waals surface area contributed by atoms with Crippen LogP contribution in [0.1, 0.15) is 10.6 Å². The number of aromatic nitrogens is 4. The van der Waals surface area contributed by atoms with Crippen molar-refractivity contribution in [1.82, 2.24) is 19.8 Å². The molecule has 0 fully saturated rings. The molecule has 0 radical (unpaired) electrons. The standard InChI is InChI=1S/C17H12Cl2N4S/c18-12-7-8-13(14(19)10-12)16-20-21-17-23(16)22-15(24-17)9-6-11-4-2-1-3-5-11/h1-5,7-8,10H,6,9H2. The largest absolute Gasteiger partial charge is 0.234 e. The van der Waals surface area contributed by atoms with Crippen LogP contribution in [0.25, 0.3) is 16.3 Å². The van der Waals surface area contributed by atoms with Crippen molar-refractivity contribution in [2.45, 2.75) is 12.8 Å². The van der Waals surface area contributed by atoms with Gasteiger partial charge >= 0.3 is 0 Å². The summed E-state index contributed by atoms with van der Waals surface area (Å²) in [5, 5.41) is 15.2. The van der Waals surface area contributed by atoms with Gasteiger partial charge in [0.15, 0.2) is 5.82 Å². The van der Waals surface area contributed by atoms with Crippen LogP contribution < -0.4 is 0 Å². The topological polar surface area (TPSA) is 43.1 Å². The zero-order valence-corrected chi connectivity index (χ0v) is 14.8. The lowest BCUT2D eigenvalue weighted by atomic mass is 10.1. The molecule has 7 heteroatoms. The first kappa shape index (κ1) is 15.6. The van der Waals surface area contributed by atoms with Crippen LogP contribution >= 0.6 is 34.5 Å². The Morgan fingerprint density at radius 3 is 2.58 bits per heavy atom. The third-order valence-electron chi connectivity index (χ3n) is 3.68. The molecule has 0 saturated heterocycles. The van der Waals surface area contributed by atoms with Crippen molar-refractivity contribution in [2.24, 2.45) is 0 Å². The van der Waals surface area contributed by atoms with Gasteiger partial charge in [0.1, 0.15) is 5.01 Å². The van der Waals surface area contributed by atoms with Crippen molar-refractivity contribution >= 4 is 39.5 Å². The Morgan fingerprint density at radius 2 is 1.79 bits per heavy atom. The first-order chi connectivity index (χ1) is 11.7. The van der Waals surface area contributed by atoms with E-state index in [1.807, 2.05) is 12.1 Å². The van der Waals surface area contributed by atoms with Gasteiger partial charge in [0, 0.05) is 17.0 Å². The van der Waals surface area contributed by atoms with Crippen LogP contribution in [0.3, 0.4) is 0 Å². The fourth-order valence-electron chi connectivity index (χ4n) is 2.49. The second-order valence-corrected chi connectivity index (χ2v) is 7.21. The van der Waals surface area contributed by atoms with E-state index in [0.29, 0.717) is 15.9 Å². The first-order valence-electron chi connectivity index (χ1n) is 7.41. The van der Waals surface area contributed by atoms with E-state index in [2.05, 4.69) is 39.6 Å². The van der Waals surface area contributed by atoms with Gasteiger partial charge in [0.2, 0.25) is 4.96 Å². The summed E-state index contributed by atoms with van der Waals surface area (Å²) in [5.41, 5.74) is 2.07. The highest BCUT2D eigenvalue weighted by molar-refractivity contribution is 7.16. The van der Waals surface area contributed by atoms with Gasteiger partial charge in [-0.15, -0.1) is 10.2 Å². The smallest absolute Gasteiger partial charge is 0.183 e. The van der Waals surface area contributed by atoms with Crippen LogP contribution in [0, 0.1) is 0 Å². The van der Waals surface area contributed by atoms with Crippen molar-refractivity contribution in [2.75, 3.05) is 0 Å². The van der Waals surface area contributed by atoms with Crippen molar-refractivity contribution in [1.29, 1.82) is 0 Å². The highest BCUT2D eigenvalue weighted by Crippen LogP contribution is 2.30. The zero-order chi connectivity index (χ0) is 16.5. The third-order valence-corrected chi connectivity index (χ3v) is 5.18. The Balaban J connectivity index is 1.63. The van der Waals surface area contributed by atoms with E-state index in [4.69, 9.17) is 23.2 Å². The van der Waals surface area contributed by atoms with E-state index in [-0.39, 0.29) is 0 Å². The van der Waals surface area contributed by atoms with Gasteiger partial charge in [-0.25, -0.2) is 0 Å². The average molecular weight is 375 g/mol. The Labute approximate surface area is 152 Å². The number of benzene rings is 2. The minimum Gasteiger partial charge on any atom is -0.183 e. The Bertz CT molecular complexity index is 994. The normalized spacial score (nSPS) is 11.2. The van der Waals surface area contributed by atoms with Gasteiger partial charge in [-0.3, -0.25) is 0 Å². The lowest BCUT2D eigenvalue weighted by Crippen LogP contribution is -1.95. The van der Waals surface area contributed by atoms with Crippen molar-refractivity contribution < 1.29 is 0 Å². The van der Waals surface area contributed by atoms with E-state index < -0.39 is 0 Å². The predicted octanol–water partition coefficient (Wildman–Crippen LogP) is 4.94. The Morgan fingerprint density at radius 1 is 0.958 bits per heavy atom. The van der Waals surface area contributed by atoms with Crippen LogP contribution in [0.2, 0.25) is 10.0 Å². The Hall–Kier alpha value is -1.95. The number of halogens is 2. The minimum absolute atomic E-state index is 0.538. The molecule has 4 nitrogen and oxygen atoms in total. The van der Waals surface area contributed by atoms with Gasteiger partial charge in [-0.2, -0.15) is 9.61 Å². The highest BCUT2D eigenvalue weighted by Gasteiger charge is 2.15. The molecule has 2 aromatic carbocycles. The molecule has 0 saturated carbocycles. The quantitative estimate of drug-likeness (QED) is 0.507. The molecule has 120 valence electrons. The number of hydrogen-bond acceptors (Lipinski definition) is 4. The Kier molecular flexibility index (Phi) is 4.22. The number of fused-ring (bicyclic) bond motifs is 1. The summed E-state index contributed by atoms with van der Waals surface area (Å²) >= 11 is 13.8. The summed E-state index contributed by atoms with van der Waals surface area (Å²) in [6.07, 6.45) is 1.81. The molecule has 0 N–H and O–H groups in total. The van der Waals surface area contributed by atoms with Crippen LogP contribution in [0.15, 0.2) is 48.5 Å². The SMILES string of the molecule is Clc1ccc(-c2nnc3sc(CCc4ccccc4)nn23)c(Cl)c1. The van der Waals surface area contributed by atoms with E-state index in [1.54, 1.807) is 28.0 Å². The van der Waals surface area contributed by atoms with Gasteiger partial charge < -0.3 is 0 Å². The lowest BCUT2D eigenvalue weighted by molar-refractivity contribution is 0.865. The van der Waals surface area contributed by atoms with Crippen molar-refractivity contribution in [3.8, 4) is 11.4 Å². The second-order valence-electron chi connectivity index (χ2n) is 5.32. The third kappa shape index (κ3) is 3.02. The van der Waals surface area contributed by atoms with Crippen LogP contribution in [0.5, 0.6) is 0 Å². The molecular weight excluding hydrogens is 363 g/mol. The summed E-state index contributed by atoms with van der Waals surface area (Å²) in [5.74, 6) is 0.633. The highest BCUT2D eigenvalue weighted by atomic mass is 35.5. The summed E-state index contributed by atoms with van der Waals surface area (Å²) in [6.45, 7) is 0. The van der Waals surface area contributed by atoms with Gasteiger partial charge in [-0.05, 0) is 30.2 Å². The van der Waals surface area contributed by atoms with Crippen molar-refractivity contribution in [3.63, 3.8) is 0 Å². The molecule has 2 aromatic heterocycles. The van der Waals surface area contributed by atoms with Gasteiger partial charge in [-0.1, -0.05) is 64.9 Å².